The van der Waals surface area contributed by atoms with Crippen molar-refractivity contribution in [2.45, 2.75) is 26.8 Å². The minimum Gasteiger partial charge on any atom is -0.398 e. The van der Waals surface area contributed by atoms with Crippen molar-refractivity contribution >= 4 is 40.3 Å². The van der Waals surface area contributed by atoms with Crippen LogP contribution in [0.15, 0.2) is 24.7 Å². The quantitative estimate of drug-likeness (QED) is 0.356. The molecule has 8 nitrogen and oxygen atoms in total. The van der Waals surface area contributed by atoms with Crippen molar-refractivity contribution in [3.8, 4) is 0 Å². The SMILES string of the molecule is Cc1cc(N)c(C=N)cc1Nc1ncnc2[nH]cc(C(=O)NC(C)C)c12. The second kappa shape index (κ2) is 6.83. The van der Waals surface area contributed by atoms with Crippen LogP contribution in [0.2, 0.25) is 0 Å². The van der Waals surface area contributed by atoms with Gasteiger partial charge in [-0.3, -0.25) is 4.79 Å². The van der Waals surface area contributed by atoms with E-state index in [0.717, 1.165) is 11.3 Å². The number of aryl methyl sites for hydroxylation is 1. The number of fused-ring (bicyclic) bond motifs is 1. The molecule has 0 atom stereocenters. The first-order chi connectivity index (χ1) is 12.4. The Hall–Kier alpha value is -3.42. The van der Waals surface area contributed by atoms with Crippen molar-refractivity contribution in [2.75, 3.05) is 11.1 Å². The van der Waals surface area contributed by atoms with E-state index >= 15 is 0 Å². The average Bonchev–Trinajstić information content (AvgIpc) is 3.02. The van der Waals surface area contributed by atoms with E-state index in [4.69, 9.17) is 11.1 Å². The van der Waals surface area contributed by atoms with E-state index < -0.39 is 0 Å². The van der Waals surface area contributed by atoms with E-state index in [2.05, 4.69) is 25.6 Å². The van der Waals surface area contributed by atoms with Gasteiger partial charge in [0.25, 0.3) is 5.91 Å². The summed E-state index contributed by atoms with van der Waals surface area (Å²) in [4.78, 5) is 24.0. The van der Waals surface area contributed by atoms with Crippen molar-refractivity contribution < 1.29 is 4.79 Å². The third-order valence-electron chi connectivity index (χ3n) is 3.97. The molecule has 3 aromatic rings. The molecule has 0 saturated carbocycles. The molecule has 0 aliphatic carbocycles. The van der Waals surface area contributed by atoms with Crippen molar-refractivity contribution in [3.63, 3.8) is 0 Å². The van der Waals surface area contributed by atoms with Crippen LogP contribution < -0.4 is 16.4 Å². The minimum atomic E-state index is -0.196. The Labute approximate surface area is 150 Å². The van der Waals surface area contributed by atoms with E-state index in [-0.39, 0.29) is 11.9 Å². The Bertz CT molecular complexity index is 991. The summed E-state index contributed by atoms with van der Waals surface area (Å²) >= 11 is 0. The summed E-state index contributed by atoms with van der Waals surface area (Å²) in [6.07, 6.45) is 4.25. The molecule has 2 heterocycles. The number of hydrogen-bond acceptors (Lipinski definition) is 6. The predicted octanol–water partition coefficient (Wildman–Crippen LogP) is 2.73. The molecule has 0 saturated heterocycles. The summed E-state index contributed by atoms with van der Waals surface area (Å²) < 4.78 is 0. The molecule has 6 N–H and O–H groups in total. The van der Waals surface area contributed by atoms with E-state index in [1.807, 2.05) is 20.8 Å². The third-order valence-corrected chi connectivity index (χ3v) is 3.97. The molecule has 0 aliphatic rings. The number of aromatic nitrogens is 3. The van der Waals surface area contributed by atoms with Crippen molar-refractivity contribution in [1.29, 1.82) is 5.41 Å². The first-order valence-corrected chi connectivity index (χ1v) is 8.21. The molecule has 1 aromatic carbocycles. The zero-order valence-electron chi connectivity index (χ0n) is 14.8. The number of carbonyl (C=O) groups excluding carboxylic acids is 1. The lowest BCUT2D eigenvalue weighted by Gasteiger charge is -2.13. The largest absolute Gasteiger partial charge is 0.398 e. The lowest BCUT2D eigenvalue weighted by Crippen LogP contribution is -2.30. The summed E-state index contributed by atoms with van der Waals surface area (Å²) in [7, 11) is 0. The van der Waals surface area contributed by atoms with Crippen LogP contribution in [0.25, 0.3) is 11.0 Å². The molecule has 3 rings (SSSR count). The van der Waals surface area contributed by atoms with E-state index in [0.29, 0.717) is 33.7 Å². The highest BCUT2D eigenvalue weighted by Crippen LogP contribution is 2.29. The van der Waals surface area contributed by atoms with Crippen molar-refractivity contribution in [2.24, 2.45) is 0 Å². The number of nitrogens with one attached hydrogen (secondary N) is 4. The molecule has 0 bridgehead atoms. The number of nitrogens with zero attached hydrogens (tertiary/aromatic N) is 2. The molecular weight excluding hydrogens is 330 g/mol. The Kier molecular flexibility index (Phi) is 4.57. The number of hydrogen-bond donors (Lipinski definition) is 5. The average molecular weight is 351 g/mol. The highest BCUT2D eigenvalue weighted by Gasteiger charge is 2.18. The monoisotopic (exact) mass is 351 g/mol. The number of benzene rings is 1. The van der Waals surface area contributed by atoms with Crippen LogP contribution in [0, 0.1) is 12.3 Å². The fraction of sp³-hybridized carbons (Fsp3) is 0.222. The maximum atomic E-state index is 12.5. The van der Waals surface area contributed by atoms with Crippen molar-refractivity contribution in [1.82, 2.24) is 20.3 Å². The second-order valence-electron chi connectivity index (χ2n) is 6.34. The first-order valence-electron chi connectivity index (χ1n) is 8.21. The predicted molar refractivity (Wildman–Crippen MR) is 103 cm³/mol. The number of rotatable bonds is 5. The standard InChI is InChI=1S/C18H21N7O/c1-9(2)24-18(26)12-7-21-16-15(12)17(23-8-22-16)25-14-5-11(6-19)13(20)4-10(14)3/h4-9,19H,20H2,1-3H3,(H,24,26)(H2,21,22,23,25). The number of nitrogens with two attached hydrogens (primary N) is 1. The van der Waals surface area contributed by atoms with Gasteiger partial charge in [0, 0.05) is 35.4 Å². The van der Waals surface area contributed by atoms with Gasteiger partial charge in [0.15, 0.2) is 0 Å². The highest BCUT2D eigenvalue weighted by molar-refractivity contribution is 6.10. The molecule has 1 amide bonds. The van der Waals surface area contributed by atoms with E-state index in [1.54, 1.807) is 18.3 Å². The van der Waals surface area contributed by atoms with Gasteiger partial charge in [0.05, 0.1) is 10.9 Å². The van der Waals surface area contributed by atoms with Crippen LogP contribution in [0.4, 0.5) is 17.2 Å². The van der Waals surface area contributed by atoms with E-state index in [1.165, 1.54) is 12.5 Å². The first kappa shape index (κ1) is 17.4. The van der Waals surface area contributed by atoms with Gasteiger partial charge in [0.1, 0.15) is 17.8 Å². The van der Waals surface area contributed by atoms with Crippen LogP contribution in [-0.4, -0.2) is 33.1 Å². The molecule has 0 unspecified atom stereocenters. The lowest BCUT2D eigenvalue weighted by molar-refractivity contribution is 0.0945. The summed E-state index contributed by atoms with van der Waals surface area (Å²) in [6.45, 7) is 5.71. The van der Waals surface area contributed by atoms with Gasteiger partial charge in [-0.1, -0.05) is 0 Å². The summed E-state index contributed by atoms with van der Waals surface area (Å²) in [5.41, 5.74) is 9.76. The second-order valence-corrected chi connectivity index (χ2v) is 6.34. The van der Waals surface area contributed by atoms with Crippen LogP contribution in [0.3, 0.4) is 0 Å². The fourth-order valence-electron chi connectivity index (χ4n) is 2.71. The zero-order valence-corrected chi connectivity index (χ0v) is 14.8. The number of carbonyl (C=O) groups is 1. The molecule has 0 spiro atoms. The van der Waals surface area contributed by atoms with Gasteiger partial charge in [-0.15, -0.1) is 0 Å². The van der Waals surface area contributed by atoms with Gasteiger partial charge >= 0.3 is 0 Å². The maximum Gasteiger partial charge on any atom is 0.253 e. The molecule has 26 heavy (non-hydrogen) atoms. The van der Waals surface area contributed by atoms with E-state index in [9.17, 15) is 4.79 Å². The number of amides is 1. The summed E-state index contributed by atoms with van der Waals surface area (Å²) in [6, 6.07) is 3.60. The highest BCUT2D eigenvalue weighted by atomic mass is 16.1. The number of aromatic amines is 1. The van der Waals surface area contributed by atoms with Gasteiger partial charge in [-0.25, -0.2) is 9.97 Å². The molecule has 0 fully saturated rings. The molecule has 8 heteroatoms. The molecule has 134 valence electrons. The normalized spacial score (nSPS) is 10.9. The van der Waals surface area contributed by atoms with Crippen LogP contribution in [0.1, 0.15) is 35.3 Å². The van der Waals surface area contributed by atoms with Crippen molar-refractivity contribution in [3.05, 3.63) is 41.3 Å². The Morgan fingerprint density at radius 3 is 2.81 bits per heavy atom. The van der Waals surface area contributed by atoms with Gasteiger partial charge in [-0.05, 0) is 38.5 Å². The summed E-state index contributed by atoms with van der Waals surface area (Å²) in [5.74, 6) is 0.312. The smallest absolute Gasteiger partial charge is 0.253 e. The Balaban J connectivity index is 2.07. The molecule has 0 radical (unpaired) electrons. The molecule has 2 aromatic heterocycles. The number of nitrogen functional groups attached to an aromatic ring is 1. The molecular formula is C18H21N7O. The topological polar surface area (TPSA) is 133 Å². The van der Waals surface area contributed by atoms with Crippen LogP contribution >= 0.6 is 0 Å². The third kappa shape index (κ3) is 3.21. The zero-order chi connectivity index (χ0) is 18.8. The Morgan fingerprint density at radius 2 is 2.12 bits per heavy atom. The number of anilines is 3. The molecule has 0 aliphatic heterocycles. The lowest BCUT2D eigenvalue weighted by atomic mass is 10.1. The number of H-pyrrole nitrogens is 1. The fourth-order valence-corrected chi connectivity index (χ4v) is 2.71. The summed E-state index contributed by atoms with van der Waals surface area (Å²) in [5, 5.41) is 14.2. The van der Waals surface area contributed by atoms with Crippen LogP contribution in [0.5, 0.6) is 0 Å². The van der Waals surface area contributed by atoms with Gasteiger partial charge in [-0.2, -0.15) is 0 Å². The maximum absolute atomic E-state index is 12.5. The Morgan fingerprint density at radius 1 is 1.35 bits per heavy atom. The van der Waals surface area contributed by atoms with Gasteiger partial charge < -0.3 is 26.8 Å². The van der Waals surface area contributed by atoms with Crippen LogP contribution in [-0.2, 0) is 0 Å². The van der Waals surface area contributed by atoms with Gasteiger partial charge in [0.2, 0.25) is 0 Å². The minimum absolute atomic E-state index is 0.0167.